The van der Waals surface area contributed by atoms with Gasteiger partial charge in [-0.15, -0.1) is 0 Å². The summed E-state index contributed by atoms with van der Waals surface area (Å²) in [5.41, 5.74) is 1.05. The van der Waals surface area contributed by atoms with Crippen LogP contribution in [0.1, 0.15) is 15.9 Å². The van der Waals surface area contributed by atoms with Crippen LogP contribution in [0.25, 0.3) is 0 Å². The van der Waals surface area contributed by atoms with Crippen molar-refractivity contribution in [1.29, 1.82) is 0 Å². The van der Waals surface area contributed by atoms with Crippen molar-refractivity contribution in [3.63, 3.8) is 0 Å². The standard InChI is InChI=1S/C20H21FN2O4S/c21-17-9-5-4-8-16(17)20(26)23-12-19(25)27-13-18(24)22-10-11-28-14-15-6-2-1-3-7-15/h1-9H,10-14H2,(H,22,24)(H,23,26). The molecule has 0 fully saturated rings. The second kappa shape index (κ2) is 11.8. The molecule has 0 saturated carbocycles. The molecular weight excluding hydrogens is 383 g/mol. The Morgan fingerprint density at radius 1 is 0.964 bits per heavy atom. The van der Waals surface area contributed by atoms with Crippen molar-refractivity contribution in [2.75, 3.05) is 25.4 Å². The van der Waals surface area contributed by atoms with Gasteiger partial charge in [0.2, 0.25) is 0 Å². The average molecular weight is 404 g/mol. The van der Waals surface area contributed by atoms with Gasteiger partial charge in [0.05, 0.1) is 5.56 Å². The third-order valence-corrected chi connectivity index (χ3v) is 4.59. The minimum atomic E-state index is -0.779. The van der Waals surface area contributed by atoms with E-state index in [2.05, 4.69) is 10.6 Å². The summed E-state index contributed by atoms with van der Waals surface area (Å²) in [7, 11) is 0. The summed E-state index contributed by atoms with van der Waals surface area (Å²) < 4.78 is 18.2. The lowest BCUT2D eigenvalue weighted by Crippen LogP contribution is -2.34. The van der Waals surface area contributed by atoms with Crippen LogP contribution in [-0.4, -0.2) is 43.2 Å². The summed E-state index contributed by atoms with van der Waals surface area (Å²) in [6.07, 6.45) is 0. The second-order valence-electron chi connectivity index (χ2n) is 5.71. The lowest BCUT2D eigenvalue weighted by molar-refractivity contribution is -0.147. The molecule has 8 heteroatoms. The summed E-state index contributed by atoms with van der Waals surface area (Å²) in [6.45, 7) is -0.428. The highest BCUT2D eigenvalue weighted by atomic mass is 32.2. The molecule has 2 rings (SSSR count). The fourth-order valence-electron chi connectivity index (χ4n) is 2.17. The predicted molar refractivity (Wildman–Crippen MR) is 105 cm³/mol. The topological polar surface area (TPSA) is 84.5 Å². The number of ether oxygens (including phenoxy) is 1. The molecule has 0 aliphatic heterocycles. The zero-order valence-electron chi connectivity index (χ0n) is 15.2. The maximum atomic E-state index is 13.5. The maximum absolute atomic E-state index is 13.5. The Kier molecular flexibility index (Phi) is 9.00. The number of thioether (sulfide) groups is 1. The van der Waals surface area contributed by atoms with Crippen molar-refractivity contribution in [3.8, 4) is 0 Å². The van der Waals surface area contributed by atoms with Gasteiger partial charge in [0.15, 0.2) is 6.61 Å². The fourth-order valence-corrected chi connectivity index (χ4v) is 2.99. The predicted octanol–water partition coefficient (Wildman–Crippen LogP) is 2.15. The van der Waals surface area contributed by atoms with Gasteiger partial charge in [0, 0.05) is 18.1 Å². The number of rotatable bonds is 10. The number of hydrogen-bond acceptors (Lipinski definition) is 5. The molecular formula is C20H21FN2O4S. The van der Waals surface area contributed by atoms with Gasteiger partial charge in [-0.2, -0.15) is 11.8 Å². The Balaban J connectivity index is 1.55. The van der Waals surface area contributed by atoms with E-state index in [-0.39, 0.29) is 5.56 Å². The number of halogens is 1. The number of carbonyl (C=O) groups is 3. The molecule has 0 radical (unpaired) electrons. The van der Waals surface area contributed by atoms with Crippen molar-refractivity contribution in [3.05, 3.63) is 71.5 Å². The molecule has 0 bridgehead atoms. The van der Waals surface area contributed by atoms with Crippen LogP contribution < -0.4 is 10.6 Å². The smallest absolute Gasteiger partial charge is 0.325 e. The molecule has 0 aromatic heterocycles. The van der Waals surface area contributed by atoms with E-state index in [0.717, 1.165) is 17.6 Å². The van der Waals surface area contributed by atoms with E-state index in [9.17, 15) is 18.8 Å². The second-order valence-corrected chi connectivity index (χ2v) is 6.82. The van der Waals surface area contributed by atoms with Crippen LogP contribution in [0.4, 0.5) is 4.39 Å². The third kappa shape index (κ3) is 7.79. The maximum Gasteiger partial charge on any atom is 0.325 e. The molecule has 0 heterocycles. The summed E-state index contributed by atoms with van der Waals surface area (Å²) in [5.74, 6) is -1.03. The van der Waals surface area contributed by atoms with Crippen LogP contribution >= 0.6 is 11.8 Å². The highest BCUT2D eigenvalue weighted by molar-refractivity contribution is 7.98. The minimum absolute atomic E-state index is 0.166. The molecule has 0 atom stereocenters. The van der Waals surface area contributed by atoms with E-state index >= 15 is 0 Å². The number of benzene rings is 2. The Labute approximate surface area is 166 Å². The molecule has 2 amide bonds. The monoisotopic (exact) mass is 404 g/mol. The lowest BCUT2D eigenvalue weighted by Gasteiger charge is -2.08. The number of nitrogens with one attached hydrogen (secondary N) is 2. The third-order valence-electron chi connectivity index (χ3n) is 3.56. The van der Waals surface area contributed by atoms with Crippen LogP contribution in [0, 0.1) is 5.82 Å². The summed E-state index contributed by atoms with van der Waals surface area (Å²) in [5, 5.41) is 4.90. The van der Waals surface area contributed by atoms with E-state index in [1.807, 2.05) is 30.3 Å². The highest BCUT2D eigenvalue weighted by Crippen LogP contribution is 2.10. The quantitative estimate of drug-likeness (QED) is 0.468. The Bertz CT molecular complexity index is 802. The highest BCUT2D eigenvalue weighted by Gasteiger charge is 2.13. The molecule has 0 spiro atoms. The average Bonchev–Trinajstić information content (AvgIpc) is 2.71. The number of amides is 2. The largest absolute Gasteiger partial charge is 0.454 e. The van der Waals surface area contributed by atoms with Gasteiger partial charge in [-0.05, 0) is 17.7 Å². The molecule has 0 aliphatic carbocycles. The molecule has 0 saturated heterocycles. The van der Waals surface area contributed by atoms with Crippen LogP contribution in [0.15, 0.2) is 54.6 Å². The lowest BCUT2D eigenvalue weighted by atomic mass is 10.2. The van der Waals surface area contributed by atoms with Crippen molar-refractivity contribution in [1.82, 2.24) is 10.6 Å². The van der Waals surface area contributed by atoms with E-state index in [4.69, 9.17) is 4.74 Å². The normalized spacial score (nSPS) is 10.2. The molecule has 0 unspecified atom stereocenters. The van der Waals surface area contributed by atoms with Gasteiger partial charge in [0.1, 0.15) is 12.4 Å². The van der Waals surface area contributed by atoms with Gasteiger partial charge in [-0.25, -0.2) is 4.39 Å². The number of carbonyl (C=O) groups excluding carboxylic acids is 3. The van der Waals surface area contributed by atoms with Crippen molar-refractivity contribution < 1.29 is 23.5 Å². The minimum Gasteiger partial charge on any atom is -0.454 e. The van der Waals surface area contributed by atoms with Gasteiger partial charge >= 0.3 is 5.97 Å². The van der Waals surface area contributed by atoms with E-state index in [0.29, 0.717) is 6.54 Å². The first-order chi connectivity index (χ1) is 13.6. The van der Waals surface area contributed by atoms with Crippen LogP contribution in [0.5, 0.6) is 0 Å². The zero-order valence-corrected chi connectivity index (χ0v) is 16.0. The fraction of sp³-hybridized carbons (Fsp3) is 0.250. The summed E-state index contributed by atoms with van der Waals surface area (Å²) >= 11 is 1.68. The molecule has 28 heavy (non-hydrogen) atoms. The van der Waals surface area contributed by atoms with E-state index < -0.39 is 36.8 Å². The Morgan fingerprint density at radius 3 is 2.43 bits per heavy atom. The first-order valence-electron chi connectivity index (χ1n) is 8.63. The summed E-state index contributed by atoms with van der Waals surface area (Å²) in [4.78, 5) is 35.0. The number of esters is 1. The van der Waals surface area contributed by atoms with Crippen molar-refractivity contribution >= 4 is 29.5 Å². The van der Waals surface area contributed by atoms with Crippen LogP contribution in [-0.2, 0) is 20.1 Å². The molecule has 2 N–H and O–H groups in total. The first kappa shape index (κ1) is 21.4. The molecule has 148 valence electrons. The summed E-state index contributed by atoms with van der Waals surface area (Å²) in [6, 6.07) is 15.4. The van der Waals surface area contributed by atoms with E-state index in [1.165, 1.54) is 23.8 Å². The van der Waals surface area contributed by atoms with Gasteiger partial charge in [-0.1, -0.05) is 42.5 Å². The first-order valence-corrected chi connectivity index (χ1v) is 9.78. The molecule has 2 aromatic carbocycles. The SMILES string of the molecule is O=C(COC(=O)CNC(=O)c1ccccc1F)NCCSCc1ccccc1. The van der Waals surface area contributed by atoms with Crippen molar-refractivity contribution in [2.45, 2.75) is 5.75 Å². The van der Waals surface area contributed by atoms with Crippen LogP contribution in [0.3, 0.4) is 0 Å². The van der Waals surface area contributed by atoms with E-state index in [1.54, 1.807) is 11.8 Å². The number of hydrogen-bond donors (Lipinski definition) is 2. The van der Waals surface area contributed by atoms with Gasteiger partial charge in [0.25, 0.3) is 11.8 Å². The van der Waals surface area contributed by atoms with Gasteiger partial charge < -0.3 is 15.4 Å². The zero-order chi connectivity index (χ0) is 20.2. The molecule has 0 aliphatic rings. The Morgan fingerprint density at radius 2 is 1.68 bits per heavy atom. The molecule has 2 aromatic rings. The van der Waals surface area contributed by atoms with Gasteiger partial charge in [-0.3, -0.25) is 14.4 Å². The molecule has 6 nitrogen and oxygen atoms in total. The van der Waals surface area contributed by atoms with Crippen LogP contribution in [0.2, 0.25) is 0 Å². The Hall–Kier alpha value is -2.87. The van der Waals surface area contributed by atoms with Crippen molar-refractivity contribution in [2.24, 2.45) is 0 Å².